The Labute approximate surface area is 330 Å². The molecule has 4 aromatic heterocycles. The third kappa shape index (κ3) is 5.12. The normalized spacial score (nSPS) is 11.9. The van der Waals surface area contributed by atoms with Crippen molar-refractivity contribution in [2.75, 3.05) is 0 Å². The van der Waals surface area contributed by atoms with E-state index in [0.717, 1.165) is 55.3 Å². The van der Waals surface area contributed by atoms with Gasteiger partial charge in [-0.15, -0.1) is 11.3 Å². The molecule has 0 saturated carbocycles. The molecule has 4 heterocycles. The van der Waals surface area contributed by atoms with Crippen LogP contribution in [0.4, 0.5) is 0 Å². The maximum absolute atomic E-state index is 6.32. The molecule has 12 aromatic rings. The number of hydrogen-bond donors (Lipinski definition) is 0. The van der Waals surface area contributed by atoms with Crippen molar-refractivity contribution in [1.82, 2.24) is 19.5 Å². The summed E-state index contributed by atoms with van der Waals surface area (Å²) >= 11 is 1.80. The van der Waals surface area contributed by atoms with Crippen molar-refractivity contribution < 1.29 is 4.42 Å². The summed E-state index contributed by atoms with van der Waals surface area (Å²) in [6.45, 7) is 0. The molecule has 0 fully saturated rings. The molecule has 0 aliphatic heterocycles. The predicted molar refractivity (Wildman–Crippen MR) is 236 cm³/mol. The Hall–Kier alpha value is -7.41. The fraction of sp³-hybridized carbons (Fsp3) is 0. The van der Waals surface area contributed by atoms with E-state index in [4.69, 9.17) is 19.4 Å². The van der Waals surface area contributed by atoms with Crippen LogP contribution in [-0.2, 0) is 0 Å². The van der Waals surface area contributed by atoms with Gasteiger partial charge in [-0.3, -0.25) is 0 Å². The molecule has 0 unspecified atom stereocenters. The first kappa shape index (κ1) is 31.9. The molecule has 266 valence electrons. The number of rotatable bonds is 5. The molecular weight excluding hydrogens is 717 g/mol. The van der Waals surface area contributed by atoms with Crippen molar-refractivity contribution in [2.45, 2.75) is 0 Å². The standard InChI is InChI=1S/C51H30N4OS/c1-2-12-31(13-3-1)32-24-26-37-36-16-4-7-20-42(36)55(43(37)30-32)35-15-10-14-33(28-35)49-52-50(34-25-27-47-41(29-34)38-17-6-9-23-46(38)57-47)54-51(53-49)40-19-11-22-45-48(40)39-18-5-8-21-44(39)56-45/h1-30H. The largest absolute Gasteiger partial charge is 0.456 e. The molecule has 0 bridgehead atoms. The molecule has 0 atom stereocenters. The van der Waals surface area contributed by atoms with Crippen LogP contribution in [0.1, 0.15) is 0 Å². The fourth-order valence-electron chi connectivity index (χ4n) is 8.42. The lowest BCUT2D eigenvalue weighted by Crippen LogP contribution is -2.01. The van der Waals surface area contributed by atoms with E-state index in [-0.39, 0.29) is 0 Å². The lowest BCUT2D eigenvalue weighted by atomic mass is 10.0. The molecule has 0 amide bonds. The molecular formula is C51H30N4OS. The number of benzene rings is 8. The van der Waals surface area contributed by atoms with Crippen LogP contribution >= 0.6 is 11.3 Å². The van der Waals surface area contributed by atoms with Gasteiger partial charge in [0, 0.05) is 64.1 Å². The SMILES string of the molecule is c1ccc(-c2ccc3c4ccccc4n(-c4cccc(-c5nc(-c6ccc7sc8ccccc8c7c6)nc(-c6cccc7oc8ccccc8c67)n5)c4)c3c2)cc1. The van der Waals surface area contributed by atoms with E-state index in [1.54, 1.807) is 11.3 Å². The van der Waals surface area contributed by atoms with Crippen molar-refractivity contribution in [3.63, 3.8) is 0 Å². The number of para-hydroxylation sites is 2. The zero-order valence-electron chi connectivity index (χ0n) is 30.4. The summed E-state index contributed by atoms with van der Waals surface area (Å²) < 4.78 is 11.2. The lowest BCUT2D eigenvalue weighted by Gasteiger charge is -2.12. The Morgan fingerprint density at radius 3 is 1.93 bits per heavy atom. The molecule has 0 spiro atoms. The number of hydrogen-bond acceptors (Lipinski definition) is 5. The fourth-order valence-corrected chi connectivity index (χ4v) is 9.51. The molecule has 12 rings (SSSR count). The van der Waals surface area contributed by atoms with E-state index in [0.29, 0.717) is 17.5 Å². The first-order chi connectivity index (χ1) is 28.2. The molecule has 0 N–H and O–H groups in total. The van der Waals surface area contributed by atoms with Gasteiger partial charge in [0.15, 0.2) is 17.5 Å². The average molecular weight is 747 g/mol. The smallest absolute Gasteiger partial charge is 0.164 e. The van der Waals surface area contributed by atoms with Crippen LogP contribution in [0, 0.1) is 0 Å². The Bertz CT molecular complexity index is 3540. The summed E-state index contributed by atoms with van der Waals surface area (Å²) in [4.78, 5) is 15.8. The second-order valence-electron chi connectivity index (χ2n) is 14.4. The molecule has 5 nitrogen and oxygen atoms in total. The first-order valence-corrected chi connectivity index (χ1v) is 19.8. The van der Waals surface area contributed by atoms with E-state index >= 15 is 0 Å². The van der Waals surface area contributed by atoms with Crippen molar-refractivity contribution in [1.29, 1.82) is 0 Å². The van der Waals surface area contributed by atoms with Crippen LogP contribution in [0.5, 0.6) is 0 Å². The number of fused-ring (bicyclic) bond motifs is 9. The van der Waals surface area contributed by atoms with Gasteiger partial charge >= 0.3 is 0 Å². The zero-order chi connectivity index (χ0) is 37.5. The summed E-state index contributed by atoms with van der Waals surface area (Å²) in [5.41, 5.74) is 10.0. The first-order valence-electron chi connectivity index (χ1n) is 19.0. The van der Waals surface area contributed by atoms with Crippen molar-refractivity contribution >= 4 is 75.3 Å². The van der Waals surface area contributed by atoms with Gasteiger partial charge in [-0.1, -0.05) is 121 Å². The molecule has 8 aromatic carbocycles. The predicted octanol–water partition coefficient (Wildman–Crippen LogP) is 13.9. The van der Waals surface area contributed by atoms with Crippen molar-refractivity contribution in [3.8, 4) is 51.0 Å². The second kappa shape index (κ2) is 12.6. The van der Waals surface area contributed by atoms with Gasteiger partial charge in [0.05, 0.1) is 11.0 Å². The molecule has 57 heavy (non-hydrogen) atoms. The number of nitrogens with zero attached hydrogens (tertiary/aromatic N) is 4. The highest BCUT2D eigenvalue weighted by molar-refractivity contribution is 7.25. The van der Waals surface area contributed by atoms with E-state index in [1.165, 1.54) is 42.1 Å². The van der Waals surface area contributed by atoms with Gasteiger partial charge in [-0.25, -0.2) is 15.0 Å². The van der Waals surface area contributed by atoms with Gasteiger partial charge in [0.25, 0.3) is 0 Å². The maximum Gasteiger partial charge on any atom is 0.164 e. The average Bonchev–Trinajstić information content (AvgIpc) is 3.96. The molecule has 0 aliphatic carbocycles. The summed E-state index contributed by atoms with van der Waals surface area (Å²) in [5.74, 6) is 1.81. The monoisotopic (exact) mass is 746 g/mol. The summed E-state index contributed by atoms with van der Waals surface area (Å²) in [6.07, 6.45) is 0. The van der Waals surface area contributed by atoms with Gasteiger partial charge in [-0.2, -0.15) is 0 Å². The van der Waals surface area contributed by atoms with E-state index < -0.39 is 0 Å². The van der Waals surface area contributed by atoms with Gasteiger partial charge < -0.3 is 8.98 Å². The minimum Gasteiger partial charge on any atom is -0.456 e. The van der Waals surface area contributed by atoms with E-state index in [9.17, 15) is 0 Å². The van der Waals surface area contributed by atoms with Crippen LogP contribution < -0.4 is 0 Å². The zero-order valence-corrected chi connectivity index (χ0v) is 31.2. The minimum absolute atomic E-state index is 0.595. The minimum atomic E-state index is 0.595. The summed E-state index contributed by atoms with van der Waals surface area (Å²) in [6, 6.07) is 63.9. The van der Waals surface area contributed by atoms with Crippen molar-refractivity contribution in [3.05, 3.63) is 182 Å². The molecule has 0 radical (unpaired) electrons. The maximum atomic E-state index is 6.32. The molecule has 6 heteroatoms. The van der Waals surface area contributed by atoms with Crippen LogP contribution in [-0.4, -0.2) is 19.5 Å². The van der Waals surface area contributed by atoms with E-state index in [2.05, 4.69) is 156 Å². The topological polar surface area (TPSA) is 56.7 Å². The highest BCUT2D eigenvalue weighted by atomic mass is 32.1. The van der Waals surface area contributed by atoms with Crippen LogP contribution in [0.15, 0.2) is 186 Å². The highest BCUT2D eigenvalue weighted by Gasteiger charge is 2.20. The van der Waals surface area contributed by atoms with Gasteiger partial charge in [-0.05, 0) is 71.8 Å². The number of thiophene rings is 1. The Morgan fingerprint density at radius 1 is 0.386 bits per heavy atom. The third-order valence-corrected chi connectivity index (χ3v) is 12.2. The molecule has 0 saturated heterocycles. The van der Waals surface area contributed by atoms with Gasteiger partial charge in [0.2, 0.25) is 0 Å². The van der Waals surface area contributed by atoms with Gasteiger partial charge in [0.1, 0.15) is 11.2 Å². The Balaban J connectivity index is 1.09. The summed E-state index contributed by atoms with van der Waals surface area (Å²) in [5, 5.41) is 6.86. The number of furan rings is 1. The second-order valence-corrected chi connectivity index (χ2v) is 15.5. The third-order valence-electron chi connectivity index (χ3n) is 11.1. The van der Waals surface area contributed by atoms with Crippen LogP contribution in [0.3, 0.4) is 0 Å². The Kier molecular flexibility index (Phi) is 7.03. The number of aromatic nitrogens is 4. The highest BCUT2D eigenvalue weighted by Crippen LogP contribution is 2.40. The molecule has 0 aliphatic rings. The quantitative estimate of drug-likeness (QED) is 0.176. The summed E-state index contributed by atoms with van der Waals surface area (Å²) in [7, 11) is 0. The van der Waals surface area contributed by atoms with E-state index in [1.807, 2.05) is 30.3 Å². The van der Waals surface area contributed by atoms with Crippen LogP contribution in [0.2, 0.25) is 0 Å². The lowest BCUT2D eigenvalue weighted by molar-refractivity contribution is 0.669. The van der Waals surface area contributed by atoms with Crippen LogP contribution in [0.25, 0.3) is 115 Å². The van der Waals surface area contributed by atoms with Crippen molar-refractivity contribution in [2.24, 2.45) is 0 Å². The Morgan fingerprint density at radius 2 is 1.04 bits per heavy atom.